The minimum Gasteiger partial charge on any atom is -0.495 e. The Morgan fingerprint density at radius 2 is 2.19 bits per heavy atom. The van der Waals surface area contributed by atoms with Crippen molar-refractivity contribution < 1.29 is 18.9 Å². The number of carbonyl (C=O) groups excluding carboxylic acids is 1. The number of ether oxygens (including phenoxy) is 1. The fraction of sp³-hybridized carbons (Fsp3) is 0.125. The molecule has 26 heavy (non-hydrogen) atoms. The van der Waals surface area contributed by atoms with Gasteiger partial charge in [0.05, 0.1) is 23.5 Å². The lowest BCUT2D eigenvalue weighted by Gasteiger charge is -2.09. The summed E-state index contributed by atoms with van der Waals surface area (Å²) in [5.41, 5.74) is 1.24. The SMILES string of the molecule is COc1ccc([N+](=O)[O-])cc1NC(=O)CSc1nc2ccc(Cl)cc2o1. The van der Waals surface area contributed by atoms with Gasteiger partial charge in [-0.05, 0) is 18.2 Å². The highest BCUT2D eigenvalue weighted by atomic mass is 35.5. The van der Waals surface area contributed by atoms with Crippen LogP contribution in [-0.2, 0) is 4.79 Å². The van der Waals surface area contributed by atoms with Crippen LogP contribution >= 0.6 is 23.4 Å². The Kier molecular flexibility index (Phi) is 5.29. The molecule has 0 aliphatic carbocycles. The summed E-state index contributed by atoms with van der Waals surface area (Å²) in [7, 11) is 1.41. The molecule has 3 aromatic rings. The highest BCUT2D eigenvalue weighted by Crippen LogP contribution is 2.30. The van der Waals surface area contributed by atoms with Crippen molar-refractivity contribution in [3.63, 3.8) is 0 Å². The van der Waals surface area contributed by atoms with E-state index >= 15 is 0 Å². The van der Waals surface area contributed by atoms with E-state index in [1.54, 1.807) is 18.2 Å². The van der Waals surface area contributed by atoms with Crippen LogP contribution in [0.15, 0.2) is 46.0 Å². The molecule has 0 radical (unpaired) electrons. The zero-order valence-electron chi connectivity index (χ0n) is 13.4. The van der Waals surface area contributed by atoms with E-state index in [0.717, 1.165) is 11.8 Å². The molecule has 1 amide bonds. The van der Waals surface area contributed by atoms with Gasteiger partial charge in [0.2, 0.25) is 5.91 Å². The zero-order valence-corrected chi connectivity index (χ0v) is 15.0. The Bertz CT molecular complexity index is 991. The number of non-ortho nitro benzene ring substituents is 1. The Morgan fingerprint density at radius 1 is 1.38 bits per heavy atom. The zero-order chi connectivity index (χ0) is 18.7. The lowest BCUT2D eigenvalue weighted by molar-refractivity contribution is -0.384. The third-order valence-electron chi connectivity index (χ3n) is 3.33. The van der Waals surface area contributed by atoms with Crippen molar-refractivity contribution in [2.75, 3.05) is 18.2 Å². The number of nitrogens with one attached hydrogen (secondary N) is 1. The molecule has 0 saturated carbocycles. The molecule has 3 rings (SSSR count). The lowest BCUT2D eigenvalue weighted by atomic mass is 10.2. The van der Waals surface area contributed by atoms with Crippen molar-refractivity contribution in [2.45, 2.75) is 5.22 Å². The van der Waals surface area contributed by atoms with Crippen molar-refractivity contribution >= 4 is 51.7 Å². The Morgan fingerprint density at radius 3 is 2.92 bits per heavy atom. The molecule has 8 nitrogen and oxygen atoms in total. The summed E-state index contributed by atoms with van der Waals surface area (Å²) in [5, 5.41) is 14.3. The quantitative estimate of drug-likeness (QED) is 0.381. The number of amides is 1. The first-order valence-corrected chi connectivity index (χ1v) is 8.64. The van der Waals surface area contributed by atoms with E-state index in [4.69, 9.17) is 20.8 Å². The van der Waals surface area contributed by atoms with Crippen molar-refractivity contribution in [3.05, 3.63) is 51.5 Å². The van der Waals surface area contributed by atoms with Crippen molar-refractivity contribution in [1.29, 1.82) is 0 Å². The second-order valence-corrected chi connectivity index (χ2v) is 6.43. The summed E-state index contributed by atoms with van der Waals surface area (Å²) >= 11 is 6.99. The minimum absolute atomic E-state index is 0.00635. The molecule has 0 bridgehead atoms. The van der Waals surface area contributed by atoms with E-state index in [1.807, 2.05) is 0 Å². The van der Waals surface area contributed by atoms with E-state index in [0.29, 0.717) is 27.1 Å². The summed E-state index contributed by atoms with van der Waals surface area (Å²) in [6.07, 6.45) is 0. The number of nitro groups is 1. The number of fused-ring (bicyclic) bond motifs is 1. The summed E-state index contributed by atoms with van der Waals surface area (Å²) in [6.45, 7) is 0. The topological polar surface area (TPSA) is 108 Å². The van der Waals surface area contributed by atoms with Crippen molar-refractivity contribution in [3.8, 4) is 5.75 Å². The number of carbonyl (C=O) groups is 1. The van der Waals surface area contributed by atoms with Crippen LogP contribution in [0.3, 0.4) is 0 Å². The monoisotopic (exact) mass is 393 g/mol. The van der Waals surface area contributed by atoms with Gasteiger partial charge in [0.1, 0.15) is 11.3 Å². The minimum atomic E-state index is -0.548. The molecule has 0 saturated heterocycles. The smallest absolute Gasteiger partial charge is 0.271 e. The molecule has 0 aliphatic rings. The first-order valence-electron chi connectivity index (χ1n) is 7.27. The molecule has 0 aliphatic heterocycles. The van der Waals surface area contributed by atoms with Crippen LogP contribution in [0.5, 0.6) is 5.75 Å². The van der Waals surface area contributed by atoms with Crippen LogP contribution in [0.1, 0.15) is 0 Å². The molecular formula is C16H12ClN3O5S. The van der Waals surface area contributed by atoms with E-state index in [1.165, 1.54) is 25.3 Å². The summed E-state index contributed by atoms with van der Waals surface area (Å²) in [4.78, 5) is 26.7. The maximum Gasteiger partial charge on any atom is 0.271 e. The van der Waals surface area contributed by atoms with Crippen molar-refractivity contribution in [1.82, 2.24) is 4.98 Å². The molecule has 0 fully saturated rings. The van der Waals surface area contributed by atoms with Gasteiger partial charge >= 0.3 is 0 Å². The third kappa shape index (κ3) is 4.06. The van der Waals surface area contributed by atoms with E-state index in [-0.39, 0.29) is 23.0 Å². The van der Waals surface area contributed by atoms with Gasteiger partial charge in [0.15, 0.2) is 5.58 Å². The molecule has 1 heterocycles. The first-order chi connectivity index (χ1) is 12.5. The summed E-state index contributed by atoms with van der Waals surface area (Å²) < 4.78 is 10.6. The number of nitrogens with zero attached hydrogens (tertiary/aromatic N) is 2. The van der Waals surface area contributed by atoms with Crippen LogP contribution in [0.2, 0.25) is 5.02 Å². The first kappa shape index (κ1) is 18.0. The normalized spacial score (nSPS) is 10.7. The third-order valence-corrected chi connectivity index (χ3v) is 4.39. The van der Waals surface area contributed by atoms with E-state index in [9.17, 15) is 14.9 Å². The number of methoxy groups -OCH3 is 1. The van der Waals surface area contributed by atoms with Crippen LogP contribution in [0.25, 0.3) is 11.1 Å². The van der Waals surface area contributed by atoms with Crippen LogP contribution in [0, 0.1) is 10.1 Å². The van der Waals surface area contributed by atoms with E-state index in [2.05, 4.69) is 10.3 Å². The van der Waals surface area contributed by atoms with Gasteiger partial charge in [0, 0.05) is 23.2 Å². The Labute approximate surface area is 156 Å². The second-order valence-electron chi connectivity index (χ2n) is 5.07. The van der Waals surface area contributed by atoms with Gasteiger partial charge in [-0.2, -0.15) is 0 Å². The van der Waals surface area contributed by atoms with Gasteiger partial charge in [-0.1, -0.05) is 23.4 Å². The Balaban J connectivity index is 1.68. The Hall–Kier alpha value is -2.78. The van der Waals surface area contributed by atoms with Gasteiger partial charge in [0.25, 0.3) is 10.9 Å². The molecule has 0 atom stereocenters. The summed E-state index contributed by atoms with van der Waals surface area (Å²) in [5.74, 6) is -0.0496. The van der Waals surface area contributed by atoms with Gasteiger partial charge in [-0.15, -0.1) is 0 Å². The number of benzene rings is 2. The lowest BCUT2D eigenvalue weighted by Crippen LogP contribution is -2.14. The maximum atomic E-state index is 12.2. The predicted octanol–water partition coefficient (Wildman–Crippen LogP) is 4.13. The highest BCUT2D eigenvalue weighted by Gasteiger charge is 2.15. The number of hydrogen-bond donors (Lipinski definition) is 1. The molecule has 0 spiro atoms. The highest BCUT2D eigenvalue weighted by molar-refractivity contribution is 7.99. The number of hydrogen-bond acceptors (Lipinski definition) is 7. The molecule has 10 heteroatoms. The predicted molar refractivity (Wildman–Crippen MR) is 98.0 cm³/mol. The number of nitro benzene ring substituents is 1. The number of halogens is 1. The average molecular weight is 394 g/mol. The molecule has 1 aromatic heterocycles. The van der Waals surface area contributed by atoms with Gasteiger partial charge in [-0.25, -0.2) is 4.98 Å². The molecule has 2 aromatic carbocycles. The number of thioether (sulfide) groups is 1. The maximum absolute atomic E-state index is 12.2. The van der Waals surface area contributed by atoms with E-state index < -0.39 is 4.92 Å². The largest absolute Gasteiger partial charge is 0.495 e. The van der Waals surface area contributed by atoms with Gasteiger partial charge < -0.3 is 14.5 Å². The van der Waals surface area contributed by atoms with Crippen molar-refractivity contribution in [2.24, 2.45) is 0 Å². The molecular weight excluding hydrogens is 382 g/mol. The number of anilines is 1. The van der Waals surface area contributed by atoms with Crippen LogP contribution in [-0.4, -0.2) is 28.7 Å². The van der Waals surface area contributed by atoms with Crippen LogP contribution in [0.4, 0.5) is 11.4 Å². The molecule has 1 N–H and O–H groups in total. The number of oxazole rings is 1. The fourth-order valence-corrected chi connectivity index (χ4v) is 2.96. The second kappa shape index (κ2) is 7.63. The molecule has 0 unspecified atom stereocenters. The molecule has 134 valence electrons. The van der Waals surface area contributed by atoms with Gasteiger partial charge in [-0.3, -0.25) is 14.9 Å². The average Bonchev–Trinajstić information content (AvgIpc) is 3.01. The fourth-order valence-electron chi connectivity index (χ4n) is 2.16. The number of aromatic nitrogens is 1. The standard InChI is InChI=1S/C16H12ClN3O5S/c1-24-13-5-3-10(20(22)23)7-12(13)18-15(21)8-26-16-19-11-4-2-9(17)6-14(11)25-16/h2-7H,8H2,1H3,(H,18,21). The summed E-state index contributed by atoms with van der Waals surface area (Å²) in [6, 6.07) is 9.02. The van der Waals surface area contributed by atoms with Crippen LogP contribution < -0.4 is 10.1 Å². The number of rotatable bonds is 6.